The van der Waals surface area contributed by atoms with E-state index in [1.54, 1.807) is 36.7 Å². The molecule has 0 aliphatic carbocycles. The van der Waals surface area contributed by atoms with Crippen LogP contribution >= 0.6 is 23.2 Å². The van der Waals surface area contributed by atoms with Crippen molar-refractivity contribution in [2.24, 2.45) is 0 Å². The fourth-order valence-electron chi connectivity index (χ4n) is 4.93. The summed E-state index contributed by atoms with van der Waals surface area (Å²) in [6, 6.07) is 15.4. The van der Waals surface area contributed by atoms with Gasteiger partial charge in [-0.1, -0.05) is 23.2 Å². The second kappa shape index (κ2) is 10.9. The van der Waals surface area contributed by atoms with Crippen molar-refractivity contribution in [2.75, 3.05) is 49.6 Å². The highest BCUT2D eigenvalue weighted by Crippen LogP contribution is 2.29. The van der Waals surface area contributed by atoms with E-state index in [9.17, 15) is 10.1 Å². The minimum atomic E-state index is -0.253. The van der Waals surface area contributed by atoms with Gasteiger partial charge in [-0.2, -0.15) is 5.26 Å². The fourth-order valence-corrected chi connectivity index (χ4v) is 5.23. The van der Waals surface area contributed by atoms with E-state index in [4.69, 9.17) is 27.9 Å². The predicted molar refractivity (Wildman–Crippen MR) is 143 cm³/mol. The Labute approximate surface area is 220 Å². The molecule has 0 saturated carbocycles. The summed E-state index contributed by atoms with van der Waals surface area (Å²) >= 11 is 12.1. The number of nitrogens with one attached hydrogen (secondary N) is 1. The lowest BCUT2D eigenvalue weighted by Crippen LogP contribution is -2.49. The summed E-state index contributed by atoms with van der Waals surface area (Å²) in [5, 5.41) is 13.7. The van der Waals surface area contributed by atoms with Crippen LogP contribution in [0.1, 0.15) is 28.8 Å². The number of hydrogen-bond donors (Lipinski definition) is 1. The number of amides is 1. The lowest BCUT2D eigenvalue weighted by Gasteiger charge is -2.41. The molecule has 5 rings (SSSR count). The van der Waals surface area contributed by atoms with Crippen molar-refractivity contribution in [3.8, 4) is 11.8 Å². The van der Waals surface area contributed by atoms with Crippen molar-refractivity contribution in [3.63, 3.8) is 0 Å². The molecule has 0 atom stereocenters. The molecule has 0 radical (unpaired) electrons. The van der Waals surface area contributed by atoms with Crippen LogP contribution in [0.15, 0.2) is 54.9 Å². The quantitative estimate of drug-likeness (QED) is 0.496. The van der Waals surface area contributed by atoms with E-state index in [2.05, 4.69) is 21.2 Å². The second-order valence-electron chi connectivity index (χ2n) is 9.07. The van der Waals surface area contributed by atoms with E-state index < -0.39 is 0 Å². The molecule has 186 valence electrons. The number of carbonyl (C=O) groups is 1. The maximum absolute atomic E-state index is 12.9. The Morgan fingerprint density at radius 2 is 1.78 bits per heavy atom. The van der Waals surface area contributed by atoms with Crippen LogP contribution in [-0.2, 0) is 4.74 Å². The normalized spacial score (nSPS) is 17.1. The molecular formula is C27H27Cl2N5O2. The Kier molecular flexibility index (Phi) is 7.49. The van der Waals surface area contributed by atoms with Crippen molar-refractivity contribution in [2.45, 2.75) is 18.9 Å². The standard InChI is InChI=1S/C27H27Cl2N5O2/c28-24-3-2-23(16-25(24)29)34-8-5-19(18-34)27(35)31-21-1-4-26(20(15-21)17-30)33-9-6-22(7-10-33)32-11-13-36-14-12-32/h1-5,8,15-16,18,22H,6-7,9-14H2,(H,31,35). The zero-order chi connectivity index (χ0) is 25.1. The third kappa shape index (κ3) is 5.37. The maximum atomic E-state index is 12.9. The molecule has 2 aliphatic rings. The third-order valence-electron chi connectivity index (χ3n) is 6.90. The molecule has 3 heterocycles. The van der Waals surface area contributed by atoms with Gasteiger partial charge in [0, 0.05) is 56.0 Å². The van der Waals surface area contributed by atoms with E-state index in [0.717, 1.165) is 63.6 Å². The van der Waals surface area contributed by atoms with Crippen LogP contribution in [0.3, 0.4) is 0 Å². The molecule has 1 amide bonds. The molecule has 0 spiro atoms. The first kappa shape index (κ1) is 24.7. The number of nitrogens with zero attached hydrogens (tertiary/aromatic N) is 4. The molecule has 3 aromatic rings. The van der Waals surface area contributed by atoms with Crippen molar-refractivity contribution in [1.82, 2.24) is 9.47 Å². The number of carbonyl (C=O) groups excluding carboxylic acids is 1. The Morgan fingerprint density at radius 1 is 1.00 bits per heavy atom. The molecule has 1 N–H and O–H groups in total. The van der Waals surface area contributed by atoms with Gasteiger partial charge in [-0.25, -0.2) is 0 Å². The van der Waals surface area contributed by atoms with Crippen LogP contribution in [0.4, 0.5) is 11.4 Å². The first-order valence-corrected chi connectivity index (χ1v) is 12.8. The largest absolute Gasteiger partial charge is 0.379 e. The summed E-state index contributed by atoms with van der Waals surface area (Å²) < 4.78 is 7.29. The van der Waals surface area contributed by atoms with Crippen LogP contribution in [0.2, 0.25) is 10.0 Å². The van der Waals surface area contributed by atoms with E-state index in [1.807, 2.05) is 22.8 Å². The molecule has 0 bridgehead atoms. The van der Waals surface area contributed by atoms with Gasteiger partial charge in [-0.3, -0.25) is 9.69 Å². The van der Waals surface area contributed by atoms with E-state index >= 15 is 0 Å². The smallest absolute Gasteiger partial charge is 0.257 e. The van der Waals surface area contributed by atoms with E-state index in [-0.39, 0.29) is 5.91 Å². The summed E-state index contributed by atoms with van der Waals surface area (Å²) in [7, 11) is 0. The van der Waals surface area contributed by atoms with E-state index in [1.165, 1.54) is 0 Å². The van der Waals surface area contributed by atoms with Crippen molar-refractivity contribution in [3.05, 3.63) is 76.0 Å². The number of hydrogen-bond acceptors (Lipinski definition) is 5. The molecule has 0 unspecified atom stereocenters. The summed E-state index contributed by atoms with van der Waals surface area (Å²) in [6.07, 6.45) is 5.66. The molecule has 2 aliphatic heterocycles. The Balaban J connectivity index is 1.24. The van der Waals surface area contributed by atoms with Crippen LogP contribution in [-0.4, -0.2) is 60.8 Å². The van der Waals surface area contributed by atoms with Crippen molar-refractivity contribution < 1.29 is 9.53 Å². The fraction of sp³-hybridized carbons (Fsp3) is 0.333. The number of piperidine rings is 1. The average Bonchev–Trinajstić information content (AvgIpc) is 3.41. The molecule has 36 heavy (non-hydrogen) atoms. The molecule has 9 heteroatoms. The van der Waals surface area contributed by atoms with Gasteiger partial charge < -0.3 is 19.5 Å². The monoisotopic (exact) mass is 523 g/mol. The van der Waals surface area contributed by atoms with Gasteiger partial charge in [0.15, 0.2) is 0 Å². The molecule has 2 saturated heterocycles. The minimum absolute atomic E-state index is 0.253. The number of ether oxygens (including phenoxy) is 1. The van der Waals surface area contributed by atoms with Gasteiger partial charge in [0.1, 0.15) is 6.07 Å². The van der Waals surface area contributed by atoms with Gasteiger partial charge in [-0.15, -0.1) is 0 Å². The number of halogens is 2. The van der Waals surface area contributed by atoms with Gasteiger partial charge in [0.2, 0.25) is 0 Å². The highest BCUT2D eigenvalue weighted by molar-refractivity contribution is 6.42. The molecule has 1 aromatic heterocycles. The summed E-state index contributed by atoms with van der Waals surface area (Å²) in [5.41, 5.74) is 3.37. The zero-order valence-electron chi connectivity index (χ0n) is 19.8. The van der Waals surface area contributed by atoms with E-state index in [0.29, 0.717) is 32.9 Å². The number of morpholine rings is 1. The van der Waals surface area contributed by atoms with Crippen LogP contribution in [0, 0.1) is 11.3 Å². The average molecular weight is 524 g/mol. The van der Waals surface area contributed by atoms with Gasteiger partial charge in [-0.05, 0) is 55.3 Å². The SMILES string of the molecule is N#Cc1cc(NC(=O)c2ccn(-c3ccc(Cl)c(Cl)c3)c2)ccc1N1CCC(N2CCOCC2)CC1. The lowest BCUT2D eigenvalue weighted by atomic mass is 10.0. The molecule has 2 fully saturated rings. The maximum Gasteiger partial charge on any atom is 0.257 e. The highest BCUT2D eigenvalue weighted by Gasteiger charge is 2.27. The first-order chi connectivity index (χ1) is 17.5. The summed E-state index contributed by atoms with van der Waals surface area (Å²) in [5.74, 6) is -0.253. The van der Waals surface area contributed by atoms with Crippen LogP contribution in [0.25, 0.3) is 5.69 Å². The zero-order valence-corrected chi connectivity index (χ0v) is 21.3. The third-order valence-corrected chi connectivity index (χ3v) is 7.64. The van der Waals surface area contributed by atoms with Crippen LogP contribution in [0.5, 0.6) is 0 Å². The summed E-state index contributed by atoms with van der Waals surface area (Å²) in [4.78, 5) is 17.7. The summed E-state index contributed by atoms with van der Waals surface area (Å²) in [6.45, 7) is 5.44. The molecule has 7 nitrogen and oxygen atoms in total. The Hall–Kier alpha value is -3.02. The number of aromatic nitrogens is 1. The Morgan fingerprint density at radius 3 is 2.50 bits per heavy atom. The van der Waals surface area contributed by atoms with Gasteiger partial charge in [0.25, 0.3) is 5.91 Å². The minimum Gasteiger partial charge on any atom is -0.379 e. The predicted octanol–water partition coefficient (Wildman–Crippen LogP) is 5.21. The van der Waals surface area contributed by atoms with Crippen molar-refractivity contribution in [1.29, 1.82) is 5.26 Å². The second-order valence-corrected chi connectivity index (χ2v) is 9.88. The molecule has 2 aromatic carbocycles. The highest BCUT2D eigenvalue weighted by atomic mass is 35.5. The Bertz CT molecular complexity index is 1290. The number of nitriles is 1. The van der Waals surface area contributed by atoms with Gasteiger partial charge >= 0.3 is 0 Å². The molecular weight excluding hydrogens is 497 g/mol. The number of anilines is 2. The number of rotatable bonds is 5. The first-order valence-electron chi connectivity index (χ1n) is 12.1. The van der Waals surface area contributed by atoms with Gasteiger partial charge in [0.05, 0.1) is 40.1 Å². The van der Waals surface area contributed by atoms with Crippen molar-refractivity contribution >= 4 is 40.5 Å². The topological polar surface area (TPSA) is 73.5 Å². The lowest BCUT2D eigenvalue weighted by molar-refractivity contribution is 0.0115. The van der Waals surface area contributed by atoms with Crippen LogP contribution < -0.4 is 10.2 Å². The number of benzene rings is 2.